The van der Waals surface area contributed by atoms with E-state index in [1.54, 1.807) is 23.9 Å². The van der Waals surface area contributed by atoms with E-state index in [0.29, 0.717) is 13.2 Å². The Morgan fingerprint density at radius 2 is 1.93 bits per heavy atom. The van der Waals surface area contributed by atoms with Gasteiger partial charge in [0.1, 0.15) is 5.82 Å². The van der Waals surface area contributed by atoms with E-state index in [0.717, 1.165) is 27.2 Å². The molecule has 0 atom stereocenters. The van der Waals surface area contributed by atoms with E-state index in [1.165, 1.54) is 29.0 Å². The number of hydrogen-bond donors (Lipinski definition) is 0. The molecule has 4 nitrogen and oxygen atoms in total. The molecular formula is C21H22FN3OS. The van der Waals surface area contributed by atoms with E-state index >= 15 is 0 Å². The molecule has 0 saturated carbocycles. The number of aromatic nitrogens is 1. The summed E-state index contributed by atoms with van der Waals surface area (Å²) in [5.41, 5.74) is 5.15. The van der Waals surface area contributed by atoms with E-state index in [2.05, 4.69) is 42.1 Å². The molecule has 140 valence electrons. The van der Waals surface area contributed by atoms with Gasteiger partial charge in [-0.3, -0.25) is 4.99 Å². The molecule has 0 N–H and O–H groups in total. The highest BCUT2D eigenvalue weighted by Gasteiger charge is 2.08. The molecule has 0 aliphatic carbocycles. The van der Waals surface area contributed by atoms with Crippen molar-refractivity contribution in [2.24, 2.45) is 10.1 Å². The number of aryl methyl sites for hydroxylation is 2. The van der Waals surface area contributed by atoms with Crippen LogP contribution in [0, 0.1) is 19.7 Å². The highest BCUT2D eigenvalue weighted by molar-refractivity contribution is 7.07. The van der Waals surface area contributed by atoms with E-state index in [1.807, 2.05) is 11.6 Å². The summed E-state index contributed by atoms with van der Waals surface area (Å²) in [6.45, 7) is 5.22. The first-order chi connectivity index (χ1) is 13.1. The molecule has 0 radical (unpaired) electrons. The molecule has 2 aromatic carbocycles. The van der Waals surface area contributed by atoms with Crippen LogP contribution in [0.5, 0.6) is 0 Å². The summed E-state index contributed by atoms with van der Waals surface area (Å²) in [5.74, 6) is -0.260. The molecule has 0 saturated heterocycles. The predicted octanol–water partition coefficient (Wildman–Crippen LogP) is 4.40. The molecule has 0 aliphatic heterocycles. The molecule has 0 spiro atoms. The molecule has 3 rings (SSSR count). The van der Waals surface area contributed by atoms with Crippen molar-refractivity contribution in [1.29, 1.82) is 0 Å². The Morgan fingerprint density at radius 3 is 2.67 bits per heavy atom. The number of benzene rings is 2. The second-order valence-electron chi connectivity index (χ2n) is 6.20. The number of hydrogen-bond acceptors (Lipinski definition) is 4. The third-order valence-electron chi connectivity index (χ3n) is 4.11. The zero-order chi connectivity index (χ0) is 19.2. The second kappa shape index (κ2) is 8.88. The first-order valence-electron chi connectivity index (χ1n) is 8.66. The number of methoxy groups -OCH3 is 1. The lowest BCUT2D eigenvalue weighted by atomic mass is 10.1. The lowest BCUT2D eigenvalue weighted by Gasteiger charge is -2.05. The van der Waals surface area contributed by atoms with E-state index in [9.17, 15) is 4.39 Å². The predicted molar refractivity (Wildman–Crippen MR) is 109 cm³/mol. The Bertz CT molecular complexity index is 1000. The molecule has 1 aromatic heterocycles. The normalized spacial score (nSPS) is 12.2. The van der Waals surface area contributed by atoms with Crippen LogP contribution in [0.4, 0.5) is 4.39 Å². The standard InChI is InChI=1S/C21H22FN3OS/c1-15-4-5-16(2)18(12-15)13-24-25-20(17-6-8-19(22)9-7-17)14-27-21(25)23-10-11-26-3/h4-9,12-14H,10-11H2,1-3H3/b23-21?,24-13-. The van der Waals surface area contributed by atoms with Gasteiger partial charge in [-0.2, -0.15) is 5.10 Å². The number of nitrogens with zero attached hydrogens (tertiary/aromatic N) is 3. The Morgan fingerprint density at radius 1 is 1.15 bits per heavy atom. The molecule has 0 fully saturated rings. The van der Waals surface area contributed by atoms with Crippen molar-refractivity contribution in [2.45, 2.75) is 13.8 Å². The van der Waals surface area contributed by atoms with Crippen LogP contribution in [0.15, 0.2) is 57.9 Å². The Hall–Kier alpha value is -2.57. The van der Waals surface area contributed by atoms with E-state index in [-0.39, 0.29) is 5.82 Å². The maximum atomic E-state index is 13.3. The smallest absolute Gasteiger partial charge is 0.206 e. The molecule has 6 heteroatoms. The fourth-order valence-corrected chi connectivity index (χ4v) is 3.45. The highest BCUT2D eigenvalue weighted by atomic mass is 32.1. The zero-order valence-electron chi connectivity index (χ0n) is 15.6. The van der Waals surface area contributed by atoms with Crippen molar-refractivity contribution >= 4 is 17.6 Å². The molecule has 0 bridgehead atoms. The summed E-state index contributed by atoms with van der Waals surface area (Å²) >= 11 is 1.50. The van der Waals surface area contributed by atoms with E-state index < -0.39 is 0 Å². The fraction of sp³-hybridized carbons (Fsp3) is 0.238. The highest BCUT2D eigenvalue weighted by Crippen LogP contribution is 2.20. The minimum atomic E-state index is -0.260. The summed E-state index contributed by atoms with van der Waals surface area (Å²) < 4.78 is 20.2. The Labute approximate surface area is 162 Å². The van der Waals surface area contributed by atoms with Crippen LogP contribution in [0.1, 0.15) is 16.7 Å². The molecule has 3 aromatic rings. The average molecular weight is 383 g/mol. The van der Waals surface area contributed by atoms with Gasteiger partial charge in [-0.1, -0.05) is 23.8 Å². The van der Waals surface area contributed by atoms with Crippen LogP contribution in [-0.2, 0) is 4.74 Å². The van der Waals surface area contributed by atoms with Gasteiger partial charge in [-0.05, 0) is 49.2 Å². The number of thiazole rings is 1. The molecule has 0 aliphatic rings. The van der Waals surface area contributed by atoms with Crippen molar-refractivity contribution in [3.63, 3.8) is 0 Å². The number of ether oxygens (including phenoxy) is 1. The minimum absolute atomic E-state index is 0.260. The molecule has 1 heterocycles. The van der Waals surface area contributed by atoms with Gasteiger partial charge in [0.2, 0.25) is 4.80 Å². The van der Waals surface area contributed by atoms with Gasteiger partial charge < -0.3 is 4.74 Å². The van der Waals surface area contributed by atoms with Crippen LogP contribution < -0.4 is 4.80 Å². The first kappa shape index (κ1) is 19.2. The maximum absolute atomic E-state index is 13.3. The van der Waals surface area contributed by atoms with Crippen LogP contribution >= 0.6 is 11.3 Å². The molecular weight excluding hydrogens is 361 g/mol. The van der Waals surface area contributed by atoms with Crippen LogP contribution in [-0.4, -0.2) is 31.2 Å². The molecule has 27 heavy (non-hydrogen) atoms. The quantitative estimate of drug-likeness (QED) is 0.459. The third-order valence-corrected chi connectivity index (χ3v) is 4.97. The van der Waals surface area contributed by atoms with Crippen LogP contribution in [0.2, 0.25) is 0 Å². The largest absolute Gasteiger partial charge is 0.383 e. The van der Waals surface area contributed by atoms with Gasteiger partial charge in [0.05, 0.1) is 25.1 Å². The van der Waals surface area contributed by atoms with Gasteiger partial charge in [-0.25, -0.2) is 9.07 Å². The first-order valence-corrected chi connectivity index (χ1v) is 9.54. The van der Waals surface area contributed by atoms with Crippen molar-refractivity contribution in [3.05, 3.63) is 75.2 Å². The lowest BCUT2D eigenvalue weighted by molar-refractivity contribution is 0.207. The third kappa shape index (κ3) is 4.78. The summed E-state index contributed by atoms with van der Waals surface area (Å²) in [7, 11) is 1.65. The van der Waals surface area contributed by atoms with Gasteiger partial charge in [0.25, 0.3) is 0 Å². The SMILES string of the molecule is COCCN=c1scc(-c2ccc(F)cc2)n1/N=C\c1cc(C)ccc1C. The summed E-state index contributed by atoms with van der Waals surface area (Å²) in [6, 6.07) is 12.7. The zero-order valence-corrected chi connectivity index (χ0v) is 16.5. The fourth-order valence-electron chi connectivity index (χ4n) is 2.59. The average Bonchev–Trinajstić information content (AvgIpc) is 3.06. The molecule has 0 amide bonds. The van der Waals surface area contributed by atoms with Gasteiger partial charge in [0.15, 0.2) is 0 Å². The molecule has 0 unspecified atom stereocenters. The van der Waals surface area contributed by atoms with Gasteiger partial charge in [0, 0.05) is 18.1 Å². The monoisotopic (exact) mass is 383 g/mol. The summed E-state index contributed by atoms with van der Waals surface area (Å²) in [5, 5.41) is 6.68. The summed E-state index contributed by atoms with van der Waals surface area (Å²) in [6.07, 6.45) is 1.84. The van der Waals surface area contributed by atoms with Crippen molar-refractivity contribution < 1.29 is 9.13 Å². The second-order valence-corrected chi connectivity index (χ2v) is 7.04. The van der Waals surface area contributed by atoms with Crippen molar-refractivity contribution in [1.82, 2.24) is 4.68 Å². The minimum Gasteiger partial charge on any atom is -0.383 e. The maximum Gasteiger partial charge on any atom is 0.206 e. The topological polar surface area (TPSA) is 38.9 Å². The Kier molecular flexibility index (Phi) is 6.32. The number of rotatable bonds is 6. The van der Waals surface area contributed by atoms with Crippen molar-refractivity contribution in [2.75, 3.05) is 20.3 Å². The van der Waals surface area contributed by atoms with E-state index in [4.69, 9.17) is 4.74 Å². The Balaban J connectivity index is 2.05. The summed E-state index contributed by atoms with van der Waals surface area (Å²) in [4.78, 5) is 5.35. The lowest BCUT2D eigenvalue weighted by Crippen LogP contribution is -2.14. The van der Waals surface area contributed by atoms with Crippen LogP contribution in [0.25, 0.3) is 11.3 Å². The van der Waals surface area contributed by atoms with Gasteiger partial charge in [-0.15, -0.1) is 11.3 Å². The van der Waals surface area contributed by atoms with Gasteiger partial charge >= 0.3 is 0 Å². The number of halogens is 1. The van der Waals surface area contributed by atoms with Crippen molar-refractivity contribution in [3.8, 4) is 11.3 Å². The van der Waals surface area contributed by atoms with Crippen LogP contribution in [0.3, 0.4) is 0 Å².